The maximum Gasteiger partial charge on any atom is 0.252 e. The Hall–Kier alpha value is -3.31. The summed E-state index contributed by atoms with van der Waals surface area (Å²) in [6.45, 7) is 5.69. The van der Waals surface area contributed by atoms with Gasteiger partial charge in [0.2, 0.25) is 0 Å². The second kappa shape index (κ2) is 8.08. The molecule has 4 rings (SSSR count). The molecule has 3 heterocycles. The number of piperazine rings is 1. The van der Waals surface area contributed by atoms with Crippen molar-refractivity contribution >= 4 is 16.7 Å². The molecular weight excluding hydrogens is 400 g/mol. The first-order chi connectivity index (χ1) is 14.8. The molecule has 31 heavy (non-hydrogen) atoms. The molecule has 0 unspecified atom stereocenters. The molecule has 8 heteroatoms. The minimum atomic E-state index is -0.589. The fraction of sp³-hybridized carbons (Fsp3) is 0.348. The van der Waals surface area contributed by atoms with Gasteiger partial charge < -0.3 is 9.47 Å². The number of aromatic nitrogens is 2. The summed E-state index contributed by atoms with van der Waals surface area (Å²) < 4.78 is 28.9. The smallest absolute Gasteiger partial charge is 0.252 e. The first kappa shape index (κ1) is 20.9. The maximum absolute atomic E-state index is 14.2. The minimum absolute atomic E-state index is 0.0163. The SMILES string of the molecule is C[C@@H]1CN(c2cc(=O)n(C)c3ccc(C#N)nc23)[C@@H](C)CN1Cc1ccc(F)cc1F. The lowest BCUT2D eigenvalue weighted by Gasteiger charge is -2.45. The van der Waals surface area contributed by atoms with Crippen molar-refractivity contribution in [3.05, 3.63) is 69.6 Å². The normalized spacial score (nSPS) is 19.5. The zero-order valence-corrected chi connectivity index (χ0v) is 17.6. The van der Waals surface area contributed by atoms with Crippen LogP contribution in [0.2, 0.25) is 0 Å². The second-order valence-corrected chi connectivity index (χ2v) is 8.12. The molecule has 6 nitrogen and oxygen atoms in total. The van der Waals surface area contributed by atoms with Crippen molar-refractivity contribution in [3.8, 4) is 6.07 Å². The second-order valence-electron chi connectivity index (χ2n) is 8.12. The number of hydrogen-bond donors (Lipinski definition) is 0. The zero-order chi connectivity index (χ0) is 22.3. The van der Waals surface area contributed by atoms with E-state index in [4.69, 9.17) is 0 Å². The Morgan fingerprint density at radius 3 is 2.61 bits per heavy atom. The van der Waals surface area contributed by atoms with Crippen molar-refractivity contribution < 1.29 is 8.78 Å². The van der Waals surface area contributed by atoms with Crippen LogP contribution in [-0.2, 0) is 13.6 Å². The highest BCUT2D eigenvalue weighted by Gasteiger charge is 2.31. The Labute approximate surface area is 179 Å². The lowest BCUT2D eigenvalue weighted by atomic mass is 10.0. The van der Waals surface area contributed by atoms with Crippen molar-refractivity contribution in [2.45, 2.75) is 32.5 Å². The van der Waals surface area contributed by atoms with Crippen LogP contribution in [0, 0.1) is 23.0 Å². The third kappa shape index (κ3) is 3.89. The van der Waals surface area contributed by atoms with E-state index in [1.165, 1.54) is 16.7 Å². The van der Waals surface area contributed by atoms with Crippen LogP contribution in [0.4, 0.5) is 14.5 Å². The Kier molecular flexibility index (Phi) is 5.46. The number of anilines is 1. The number of nitriles is 1. The van der Waals surface area contributed by atoms with Gasteiger partial charge in [-0.05, 0) is 32.0 Å². The molecule has 0 bridgehead atoms. The number of fused-ring (bicyclic) bond motifs is 1. The average molecular weight is 423 g/mol. The number of pyridine rings is 2. The summed E-state index contributed by atoms with van der Waals surface area (Å²) in [4.78, 5) is 21.3. The van der Waals surface area contributed by atoms with Gasteiger partial charge in [-0.2, -0.15) is 5.26 Å². The summed E-state index contributed by atoms with van der Waals surface area (Å²) in [5.74, 6) is -1.14. The summed E-state index contributed by atoms with van der Waals surface area (Å²) in [5.41, 5.74) is 2.56. The van der Waals surface area contributed by atoms with Crippen molar-refractivity contribution in [3.63, 3.8) is 0 Å². The molecule has 0 amide bonds. The van der Waals surface area contributed by atoms with Crippen molar-refractivity contribution in [1.82, 2.24) is 14.5 Å². The van der Waals surface area contributed by atoms with E-state index in [1.54, 1.807) is 25.2 Å². The molecule has 1 aliphatic heterocycles. The molecule has 0 spiro atoms. The van der Waals surface area contributed by atoms with Crippen molar-refractivity contribution in [1.29, 1.82) is 5.26 Å². The van der Waals surface area contributed by atoms with Crippen LogP contribution in [0.15, 0.2) is 41.2 Å². The molecule has 0 aliphatic carbocycles. The van der Waals surface area contributed by atoms with Gasteiger partial charge in [-0.1, -0.05) is 6.07 Å². The highest BCUT2D eigenvalue weighted by Crippen LogP contribution is 2.29. The quantitative estimate of drug-likeness (QED) is 0.648. The lowest BCUT2D eigenvalue weighted by Crippen LogP contribution is -2.56. The third-order valence-electron chi connectivity index (χ3n) is 6.00. The molecule has 2 aromatic heterocycles. The predicted octanol–water partition coefficient (Wildman–Crippen LogP) is 3.18. The van der Waals surface area contributed by atoms with Crippen LogP contribution in [-0.4, -0.2) is 39.6 Å². The number of aryl methyl sites for hydroxylation is 1. The van der Waals surface area contributed by atoms with Crippen LogP contribution in [0.1, 0.15) is 25.1 Å². The number of hydrogen-bond acceptors (Lipinski definition) is 5. The number of rotatable bonds is 3. The van der Waals surface area contributed by atoms with Gasteiger partial charge in [0.25, 0.3) is 5.56 Å². The largest absolute Gasteiger partial charge is 0.364 e. The molecule has 1 saturated heterocycles. The van der Waals surface area contributed by atoms with E-state index < -0.39 is 11.6 Å². The number of benzene rings is 1. The Morgan fingerprint density at radius 1 is 1.13 bits per heavy atom. The average Bonchev–Trinajstić information content (AvgIpc) is 2.74. The summed E-state index contributed by atoms with van der Waals surface area (Å²) in [6, 6.07) is 10.7. The van der Waals surface area contributed by atoms with E-state index in [2.05, 4.69) is 20.9 Å². The first-order valence-corrected chi connectivity index (χ1v) is 10.1. The maximum atomic E-state index is 14.2. The summed E-state index contributed by atoms with van der Waals surface area (Å²) >= 11 is 0. The topological polar surface area (TPSA) is 65.2 Å². The molecule has 0 radical (unpaired) electrons. The minimum Gasteiger partial charge on any atom is -0.364 e. The van der Waals surface area contributed by atoms with E-state index >= 15 is 0 Å². The Morgan fingerprint density at radius 2 is 1.90 bits per heavy atom. The third-order valence-corrected chi connectivity index (χ3v) is 6.00. The molecule has 0 N–H and O–H groups in total. The van der Waals surface area contributed by atoms with Crippen LogP contribution in [0.5, 0.6) is 0 Å². The number of nitrogens with zero attached hydrogens (tertiary/aromatic N) is 5. The predicted molar refractivity (Wildman–Crippen MR) is 115 cm³/mol. The van der Waals surface area contributed by atoms with Gasteiger partial charge in [0.1, 0.15) is 28.9 Å². The standard InChI is InChI=1S/C23H23F2N5O/c1-14-12-30(15(2)11-29(14)13-16-4-5-17(24)8-19(16)25)21-9-22(31)28(3)20-7-6-18(10-26)27-23(20)21/h4-9,14-15H,11-13H2,1-3H3/t14-,15+/m1/s1. The fourth-order valence-electron chi connectivity index (χ4n) is 4.22. The fourth-order valence-corrected chi connectivity index (χ4v) is 4.22. The van der Waals surface area contributed by atoms with Gasteiger partial charge in [-0.25, -0.2) is 13.8 Å². The molecule has 1 aromatic carbocycles. The molecule has 3 aromatic rings. The number of halogens is 2. The summed E-state index contributed by atoms with van der Waals surface area (Å²) in [7, 11) is 1.68. The highest BCUT2D eigenvalue weighted by atomic mass is 19.1. The van der Waals surface area contributed by atoms with Crippen molar-refractivity contribution in [2.24, 2.45) is 7.05 Å². The van der Waals surface area contributed by atoms with Gasteiger partial charge in [-0.3, -0.25) is 9.69 Å². The van der Waals surface area contributed by atoms with Gasteiger partial charge in [0.05, 0.1) is 11.2 Å². The van der Waals surface area contributed by atoms with E-state index in [-0.39, 0.29) is 17.6 Å². The van der Waals surface area contributed by atoms with Crippen LogP contribution in [0.3, 0.4) is 0 Å². The molecular formula is C23H23F2N5O. The molecule has 1 fully saturated rings. The monoisotopic (exact) mass is 423 g/mol. The molecule has 0 saturated carbocycles. The summed E-state index contributed by atoms with van der Waals surface area (Å²) in [5, 5.41) is 9.28. The van der Waals surface area contributed by atoms with Gasteiger partial charge >= 0.3 is 0 Å². The van der Waals surface area contributed by atoms with Gasteiger partial charge in [0, 0.05) is 56.5 Å². The van der Waals surface area contributed by atoms with Crippen LogP contribution >= 0.6 is 0 Å². The summed E-state index contributed by atoms with van der Waals surface area (Å²) in [6.07, 6.45) is 0. The van der Waals surface area contributed by atoms with E-state index in [9.17, 15) is 18.8 Å². The van der Waals surface area contributed by atoms with E-state index in [0.717, 1.165) is 6.07 Å². The van der Waals surface area contributed by atoms with Crippen molar-refractivity contribution in [2.75, 3.05) is 18.0 Å². The molecule has 160 valence electrons. The van der Waals surface area contributed by atoms with Gasteiger partial charge in [0.15, 0.2) is 0 Å². The Bertz CT molecular complexity index is 1250. The molecule has 2 atom stereocenters. The molecule has 1 aliphatic rings. The van der Waals surface area contributed by atoms with Crippen LogP contribution in [0.25, 0.3) is 11.0 Å². The Balaban J connectivity index is 1.67. The van der Waals surface area contributed by atoms with Crippen LogP contribution < -0.4 is 10.5 Å². The zero-order valence-electron chi connectivity index (χ0n) is 17.6. The van der Waals surface area contributed by atoms with Gasteiger partial charge in [-0.15, -0.1) is 0 Å². The highest BCUT2D eigenvalue weighted by molar-refractivity contribution is 5.89. The van der Waals surface area contributed by atoms with E-state index in [0.29, 0.717) is 47.6 Å². The first-order valence-electron chi connectivity index (χ1n) is 10.1. The lowest BCUT2D eigenvalue weighted by molar-refractivity contribution is 0.156. The van der Waals surface area contributed by atoms with E-state index in [1.807, 2.05) is 13.8 Å².